The van der Waals surface area contributed by atoms with Crippen LogP contribution in [0.1, 0.15) is 11.1 Å². The normalized spacial score (nSPS) is 13.6. The summed E-state index contributed by atoms with van der Waals surface area (Å²) in [4.78, 5) is 28.2. The lowest BCUT2D eigenvalue weighted by atomic mass is 10.0. The summed E-state index contributed by atoms with van der Waals surface area (Å²) < 4.78 is 10.4. The van der Waals surface area contributed by atoms with Crippen molar-refractivity contribution in [2.24, 2.45) is 0 Å². The van der Waals surface area contributed by atoms with Crippen molar-refractivity contribution in [1.29, 1.82) is 0 Å². The van der Waals surface area contributed by atoms with Crippen LogP contribution in [0, 0.1) is 6.92 Å². The minimum atomic E-state index is -0.443. The smallest absolute Gasteiger partial charge is 0.282 e. The molecule has 3 aromatic rings. The average Bonchev–Trinajstić information content (AvgIpc) is 3.04. The number of methoxy groups -OCH3 is 2. The number of nitrogens with one attached hydrogen (secondary N) is 1. The third kappa shape index (κ3) is 3.92. The van der Waals surface area contributed by atoms with Crippen molar-refractivity contribution in [2.75, 3.05) is 24.4 Å². The van der Waals surface area contributed by atoms with Crippen molar-refractivity contribution in [1.82, 2.24) is 0 Å². The molecule has 1 aliphatic heterocycles. The fraction of sp³-hybridized carbons (Fsp3) is 0.120. The number of hydrogen-bond donors (Lipinski definition) is 1. The number of aryl methyl sites for hydroxylation is 1. The van der Waals surface area contributed by atoms with Gasteiger partial charge in [0.2, 0.25) is 0 Å². The van der Waals surface area contributed by atoms with E-state index in [0.717, 1.165) is 5.56 Å². The van der Waals surface area contributed by atoms with Crippen LogP contribution in [0.5, 0.6) is 11.5 Å². The van der Waals surface area contributed by atoms with Gasteiger partial charge in [-0.1, -0.05) is 23.7 Å². The molecule has 0 bridgehead atoms. The van der Waals surface area contributed by atoms with Crippen molar-refractivity contribution >= 4 is 40.4 Å². The lowest BCUT2D eigenvalue weighted by Gasteiger charge is -2.18. The van der Waals surface area contributed by atoms with Gasteiger partial charge in [0.05, 0.1) is 25.5 Å². The molecular weight excluding hydrogens is 428 g/mol. The van der Waals surface area contributed by atoms with Crippen LogP contribution in [0.4, 0.5) is 11.4 Å². The number of amides is 2. The Hall–Kier alpha value is -3.77. The summed E-state index contributed by atoms with van der Waals surface area (Å²) in [5, 5.41) is 3.67. The fourth-order valence-corrected chi connectivity index (χ4v) is 3.81. The van der Waals surface area contributed by atoms with Gasteiger partial charge in [-0.15, -0.1) is 0 Å². The molecule has 162 valence electrons. The third-order valence-corrected chi connectivity index (χ3v) is 5.46. The Morgan fingerprint density at radius 3 is 1.97 bits per heavy atom. The molecule has 2 amide bonds. The molecule has 0 unspecified atom stereocenters. The number of halogens is 1. The van der Waals surface area contributed by atoms with Crippen molar-refractivity contribution in [2.45, 2.75) is 6.92 Å². The number of carbonyl (C=O) groups excluding carboxylic acids is 2. The third-order valence-electron chi connectivity index (χ3n) is 5.22. The van der Waals surface area contributed by atoms with Crippen LogP contribution in [0.25, 0.3) is 5.57 Å². The van der Waals surface area contributed by atoms with Crippen LogP contribution >= 0.6 is 11.6 Å². The van der Waals surface area contributed by atoms with Crippen LogP contribution in [0.15, 0.2) is 72.4 Å². The number of imide groups is 1. The maximum Gasteiger partial charge on any atom is 0.282 e. The summed E-state index contributed by atoms with van der Waals surface area (Å²) in [7, 11) is 3.15. The number of rotatable bonds is 6. The molecule has 3 aromatic carbocycles. The molecule has 0 aromatic heterocycles. The first-order valence-corrected chi connectivity index (χ1v) is 10.3. The van der Waals surface area contributed by atoms with Gasteiger partial charge in [0.25, 0.3) is 11.8 Å². The SMILES string of the molecule is COc1ccc(NC2=C(c3ccc(OC)cc3)C(=O)N(c3ccc(Cl)cc3C)C2=O)cc1. The molecular formula is C25H21ClN2O4. The predicted molar refractivity (Wildman–Crippen MR) is 125 cm³/mol. The van der Waals surface area contributed by atoms with Crippen molar-refractivity contribution in [3.8, 4) is 11.5 Å². The standard InChI is InChI=1S/C25H21ClN2O4/c1-15-14-17(26)6-13-21(15)28-24(29)22(16-4-9-19(31-2)10-5-16)23(25(28)30)27-18-7-11-20(32-3)12-8-18/h4-14,27H,1-3H3. The van der Waals surface area contributed by atoms with Gasteiger partial charge in [-0.3, -0.25) is 9.59 Å². The fourth-order valence-electron chi connectivity index (χ4n) is 3.58. The van der Waals surface area contributed by atoms with E-state index in [1.807, 2.05) is 6.92 Å². The van der Waals surface area contributed by atoms with E-state index in [0.29, 0.717) is 33.5 Å². The second-order valence-electron chi connectivity index (χ2n) is 7.21. The highest BCUT2D eigenvalue weighted by Crippen LogP contribution is 2.36. The van der Waals surface area contributed by atoms with E-state index in [9.17, 15) is 9.59 Å². The summed E-state index contributed by atoms with van der Waals surface area (Å²) in [6.45, 7) is 1.81. The van der Waals surface area contributed by atoms with Gasteiger partial charge in [-0.2, -0.15) is 0 Å². The highest BCUT2D eigenvalue weighted by molar-refractivity contribution is 6.46. The topological polar surface area (TPSA) is 67.9 Å². The summed E-state index contributed by atoms with van der Waals surface area (Å²) in [6.07, 6.45) is 0. The molecule has 7 heteroatoms. The van der Waals surface area contributed by atoms with E-state index < -0.39 is 11.8 Å². The molecule has 0 spiro atoms. The Kier molecular flexibility index (Phi) is 5.88. The zero-order valence-corrected chi connectivity index (χ0v) is 18.6. The highest BCUT2D eigenvalue weighted by atomic mass is 35.5. The lowest BCUT2D eigenvalue weighted by Crippen LogP contribution is -2.33. The zero-order valence-electron chi connectivity index (χ0n) is 17.8. The number of ether oxygens (including phenoxy) is 2. The first kappa shape index (κ1) is 21.5. The van der Waals surface area contributed by atoms with Gasteiger partial charge in [-0.25, -0.2) is 4.90 Å². The van der Waals surface area contributed by atoms with Gasteiger partial charge >= 0.3 is 0 Å². The molecule has 0 atom stereocenters. The molecule has 1 aliphatic rings. The summed E-state index contributed by atoms with van der Waals surface area (Å²) >= 11 is 6.08. The molecule has 0 aliphatic carbocycles. The van der Waals surface area contributed by atoms with Crippen LogP contribution in [-0.4, -0.2) is 26.0 Å². The molecule has 0 saturated carbocycles. The number of hydrogen-bond acceptors (Lipinski definition) is 5. The second-order valence-corrected chi connectivity index (χ2v) is 7.64. The Bertz CT molecular complexity index is 1220. The van der Waals surface area contributed by atoms with Crippen LogP contribution in [0.2, 0.25) is 5.02 Å². The number of benzene rings is 3. The summed E-state index contributed by atoms with van der Waals surface area (Å²) in [6, 6.07) is 19.2. The van der Waals surface area contributed by atoms with Crippen molar-refractivity contribution in [3.05, 3.63) is 88.6 Å². The Labute approximate surface area is 191 Å². The molecule has 4 rings (SSSR count). The van der Waals surface area contributed by atoms with Gasteiger partial charge in [0.1, 0.15) is 17.2 Å². The second kappa shape index (κ2) is 8.77. The first-order valence-electron chi connectivity index (χ1n) is 9.87. The molecule has 1 N–H and O–H groups in total. The Morgan fingerprint density at radius 2 is 1.41 bits per heavy atom. The minimum absolute atomic E-state index is 0.194. The molecule has 1 heterocycles. The van der Waals surface area contributed by atoms with Gasteiger partial charge in [-0.05, 0) is 72.6 Å². The monoisotopic (exact) mass is 448 g/mol. The van der Waals surface area contributed by atoms with E-state index in [1.54, 1.807) is 80.9 Å². The van der Waals surface area contributed by atoms with Gasteiger partial charge in [0.15, 0.2) is 0 Å². The molecule has 6 nitrogen and oxygen atoms in total. The lowest BCUT2D eigenvalue weighted by molar-refractivity contribution is -0.120. The van der Waals surface area contributed by atoms with E-state index in [2.05, 4.69) is 5.32 Å². The summed E-state index contributed by atoms with van der Waals surface area (Å²) in [5.41, 5.74) is 2.94. The molecule has 0 radical (unpaired) electrons. The van der Waals surface area contributed by atoms with E-state index in [-0.39, 0.29) is 11.3 Å². The van der Waals surface area contributed by atoms with Gasteiger partial charge < -0.3 is 14.8 Å². The van der Waals surface area contributed by atoms with E-state index in [4.69, 9.17) is 21.1 Å². The molecule has 32 heavy (non-hydrogen) atoms. The number of nitrogens with zero attached hydrogens (tertiary/aromatic N) is 1. The quantitative estimate of drug-likeness (QED) is 0.534. The average molecular weight is 449 g/mol. The van der Waals surface area contributed by atoms with Crippen LogP contribution in [0.3, 0.4) is 0 Å². The van der Waals surface area contributed by atoms with Crippen LogP contribution in [-0.2, 0) is 9.59 Å². The Morgan fingerprint density at radius 1 is 0.812 bits per heavy atom. The highest BCUT2D eigenvalue weighted by Gasteiger charge is 2.40. The summed E-state index contributed by atoms with van der Waals surface area (Å²) in [5.74, 6) is 0.483. The first-order chi connectivity index (χ1) is 15.4. The molecule has 0 fully saturated rings. The molecule has 0 saturated heterocycles. The van der Waals surface area contributed by atoms with Crippen molar-refractivity contribution in [3.63, 3.8) is 0 Å². The van der Waals surface area contributed by atoms with E-state index in [1.165, 1.54) is 4.90 Å². The number of carbonyl (C=O) groups is 2. The predicted octanol–water partition coefficient (Wildman–Crippen LogP) is 5.06. The Balaban J connectivity index is 1.80. The van der Waals surface area contributed by atoms with E-state index >= 15 is 0 Å². The maximum atomic E-state index is 13.5. The largest absolute Gasteiger partial charge is 0.497 e. The minimum Gasteiger partial charge on any atom is -0.497 e. The van der Waals surface area contributed by atoms with Crippen LogP contribution < -0.4 is 19.7 Å². The van der Waals surface area contributed by atoms with Crippen molar-refractivity contribution < 1.29 is 19.1 Å². The zero-order chi connectivity index (χ0) is 22.8. The maximum absolute atomic E-state index is 13.5. The number of anilines is 2. The van der Waals surface area contributed by atoms with Gasteiger partial charge in [0, 0.05) is 10.7 Å².